The molecule has 0 aliphatic carbocycles. The molecule has 4 heterocycles. The fraction of sp³-hybridized carbons (Fsp3) is 0.333. The van der Waals surface area contributed by atoms with Gasteiger partial charge in [0, 0.05) is 68.0 Å². The number of carbonyl (C=O) groups is 1. The van der Waals surface area contributed by atoms with Gasteiger partial charge in [-0.15, -0.1) is 0 Å². The van der Waals surface area contributed by atoms with E-state index in [0.717, 1.165) is 61.2 Å². The van der Waals surface area contributed by atoms with Crippen molar-refractivity contribution >= 4 is 40.1 Å². The first-order valence-electron chi connectivity index (χ1n) is 11.9. The van der Waals surface area contributed by atoms with E-state index in [1.165, 1.54) is 5.57 Å². The van der Waals surface area contributed by atoms with Crippen LogP contribution in [0, 0.1) is 0 Å². The number of pyridine rings is 2. The number of nitrogens with one attached hydrogen (secondary N) is 1. The van der Waals surface area contributed by atoms with Gasteiger partial charge < -0.3 is 10.2 Å². The summed E-state index contributed by atoms with van der Waals surface area (Å²) in [5, 5.41) is 5.03. The Morgan fingerprint density at radius 2 is 1.85 bits per heavy atom. The van der Waals surface area contributed by atoms with Crippen LogP contribution in [0.1, 0.15) is 42.6 Å². The van der Waals surface area contributed by atoms with Gasteiger partial charge in [0.15, 0.2) is 0 Å². The lowest BCUT2D eigenvalue weighted by Crippen LogP contribution is -2.49. The van der Waals surface area contributed by atoms with Crippen molar-refractivity contribution in [2.45, 2.75) is 32.7 Å². The Bertz CT molecular complexity index is 1260. The number of fused-ring (bicyclic) bond motifs is 1. The predicted octanol–water partition coefficient (Wildman–Crippen LogP) is 4.62. The van der Waals surface area contributed by atoms with Crippen LogP contribution in [0.2, 0.25) is 0 Å². The number of piperazine rings is 1. The fourth-order valence-corrected chi connectivity index (χ4v) is 4.52. The minimum absolute atomic E-state index is 0.184. The molecule has 5 rings (SSSR count). The third-order valence-corrected chi connectivity index (χ3v) is 6.59. The molecule has 1 amide bonds. The molecule has 0 spiro atoms. The van der Waals surface area contributed by atoms with Gasteiger partial charge in [-0.1, -0.05) is 12.1 Å². The molecule has 34 heavy (non-hydrogen) atoms. The Morgan fingerprint density at radius 1 is 1.00 bits per heavy atom. The van der Waals surface area contributed by atoms with Gasteiger partial charge in [0.1, 0.15) is 11.6 Å². The molecule has 3 aromatic rings. The van der Waals surface area contributed by atoms with E-state index in [2.05, 4.69) is 62.1 Å². The Balaban J connectivity index is 1.31. The molecule has 174 valence electrons. The average Bonchev–Trinajstić information content (AvgIpc) is 2.89. The van der Waals surface area contributed by atoms with Gasteiger partial charge in [0.2, 0.25) is 0 Å². The Hall–Kier alpha value is -3.58. The molecule has 2 aromatic heterocycles. The molecular weight excluding hydrogens is 424 g/mol. The minimum atomic E-state index is -0.184. The number of nitrogens with zero attached hydrogens (tertiary/aromatic N) is 5. The van der Waals surface area contributed by atoms with E-state index < -0.39 is 0 Å². The highest BCUT2D eigenvalue weighted by molar-refractivity contribution is 6.05. The first kappa shape index (κ1) is 22.2. The molecule has 0 saturated carbocycles. The summed E-state index contributed by atoms with van der Waals surface area (Å²) in [7, 11) is 0. The Morgan fingerprint density at radius 3 is 2.62 bits per heavy atom. The second-order valence-electron chi connectivity index (χ2n) is 9.13. The van der Waals surface area contributed by atoms with Crippen molar-refractivity contribution in [3.05, 3.63) is 66.1 Å². The largest absolute Gasteiger partial charge is 0.354 e. The number of rotatable bonds is 5. The molecule has 0 atom stereocenters. The molecule has 2 aliphatic heterocycles. The number of benzene rings is 1. The average molecular weight is 455 g/mol. The smallest absolute Gasteiger partial charge is 0.257 e. The SMILES string of the molecule is CC(C)N1CCN(c2cc(C(=O)Nc3cc4cc(C5=CN=CCC5)ccc4cn3)ccn2)CC1. The topological polar surface area (TPSA) is 73.7 Å². The number of carbonyl (C=O) groups excluding carboxylic acids is 1. The van der Waals surface area contributed by atoms with Crippen molar-refractivity contribution in [2.24, 2.45) is 4.99 Å². The maximum Gasteiger partial charge on any atom is 0.257 e. The zero-order valence-electron chi connectivity index (χ0n) is 19.7. The van der Waals surface area contributed by atoms with Crippen molar-refractivity contribution in [3.63, 3.8) is 0 Å². The molecule has 0 unspecified atom stereocenters. The minimum Gasteiger partial charge on any atom is -0.354 e. The van der Waals surface area contributed by atoms with Crippen molar-refractivity contribution in [1.29, 1.82) is 0 Å². The van der Waals surface area contributed by atoms with Crippen LogP contribution >= 0.6 is 0 Å². The summed E-state index contributed by atoms with van der Waals surface area (Å²) in [5.41, 5.74) is 2.96. The van der Waals surface area contributed by atoms with E-state index in [1.807, 2.05) is 24.5 Å². The van der Waals surface area contributed by atoms with Crippen molar-refractivity contribution in [2.75, 3.05) is 36.4 Å². The van der Waals surface area contributed by atoms with Gasteiger partial charge in [-0.05, 0) is 67.5 Å². The van der Waals surface area contributed by atoms with Gasteiger partial charge in [-0.2, -0.15) is 0 Å². The molecule has 7 heteroatoms. The van der Waals surface area contributed by atoms with Crippen LogP contribution in [0.15, 0.2) is 60.0 Å². The summed E-state index contributed by atoms with van der Waals surface area (Å²) >= 11 is 0. The van der Waals surface area contributed by atoms with E-state index in [-0.39, 0.29) is 5.91 Å². The maximum absolute atomic E-state index is 13.0. The monoisotopic (exact) mass is 454 g/mol. The Labute approximate surface area is 200 Å². The van der Waals surface area contributed by atoms with E-state index in [0.29, 0.717) is 17.4 Å². The zero-order valence-corrected chi connectivity index (χ0v) is 19.7. The van der Waals surface area contributed by atoms with Crippen LogP contribution in [0.5, 0.6) is 0 Å². The third kappa shape index (κ3) is 4.84. The number of hydrogen-bond acceptors (Lipinski definition) is 6. The van der Waals surface area contributed by atoms with Crippen LogP contribution < -0.4 is 10.2 Å². The highest BCUT2D eigenvalue weighted by Crippen LogP contribution is 2.27. The molecular formula is C27H30N6O. The molecule has 2 aliphatic rings. The van der Waals surface area contributed by atoms with Crippen LogP contribution in [-0.2, 0) is 0 Å². The first-order chi connectivity index (χ1) is 16.6. The highest BCUT2D eigenvalue weighted by Gasteiger charge is 2.20. The molecule has 0 radical (unpaired) electrons. The third-order valence-electron chi connectivity index (χ3n) is 6.59. The lowest BCUT2D eigenvalue weighted by Gasteiger charge is -2.37. The molecule has 0 bridgehead atoms. The van der Waals surface area contributed by atoms with Crippen molar-refractivity contribution in [3.8, 4) is 0 Å². The second kappa shape index (κ2) is 9.73. The van der Waals surface area contributed by atoms with Gasteiger partial charge in [-0.25, -0.2) is 9.97 Å². The van der Waals surface area contributed by atoms with Crippen LogP contribution in [0.4, 0.5) is 11.6 Å². The van der Waals surface area contributed by atoms with Crippen molar-refractivity contribution in [1.82, 2.24) is 14.9 Å². The summed E-state index contributed by atoms with van der Waals surface area (Å²) in [6.07, 6.45) is 9.33. The van der Waals surface area contributed by atoms with Gasteiger partial charge in [0.05, 0.1) is 0 Å². The van der Waals surface area contributed by atoms with Gasteiger partial charge in [-0.3, -0.25) is 14.7 Å². The zero-order chi connectivity index (χ0) is 23.5. The molecule has 1 fully saturated rings. The summed E-state index contributed by atoms with van der Waals surface area (Å²) in [5.74, 6) is 1.20. The number of anilines is 2. The number of amides is 1. The lowest BCUT2D eigenvalue weighted by atomic mass is 9.98. The maximum atomic E-state index is 13.0. The standard InChI is InChI=1S/C27H30N6O/c1-19(2)32-10-12-33(13-11-32)26-16-21(7-9-29-26)27(34)31-25-15-24-14-20(5-6-23(24)18-30-25)22-4-3-8-28-17-22/h5-9,14-19H,3-4,10-13H2,1-2H3,(H,30,31,34). The van der Waals surface area contributed by atoms with E-state index >= 15 is 0 Å². The van der Waals surface area contributed by atoms with Gasteiger partial charge in [0.25, 0.3) is 5.91 Å². The van der Waals surface area contributed by atoms with E-state index in [1.54, 1.807) is 18.5 Å². The number of aliphatic imine (C=N–C) groups is 1. The summed E-state index contributed by atoms with van der Waals surface area (Å²) in [6.45, 7) is 8.27. The lowest BCUT2D eigenvalue weighted by molar-refractivity contribution is 0.102. The van der Waals surface area contributed by atoms with Crippen LogP contribution in [-0.4, -0.2) is 59.2 Å². The molecule has 1 aromatic carbocycles. The van der Waals surface area contributed by atoms with Crippen molar-refractivity contribution < 1.29 is 4.79 Å². The number of allylic oxidation sites excluding steroid dienone is 1. The molecule has 7 nitrogen and oxygen atoms in total. The quantitative estimate of drug-likeness (QED) is 0.609. The first-order valence-corrected chi connectivity index (χ1v) is 11.9. The summed E-state index contributed by atoms with van der Waals surface area (Å²) in [4.78, 5) is 31.0. The summed E-state index contributed by atoms with van der Waals surface area (Å²) < 4.78 is 0. The predicted molar refractivity (Wildman–Crippen MR) is 139 cm³/mol. The van der Waals surface area contributed by atoms with Crippen LogP contribution in [0.3, 0.4) is 0 Å². The normalized spacial score (nSPS) is 16.7. The molecule has 1 saturated heterocycles. The summed E-state index contributed by atoms with van der Waals surface area (Å²) in [6, 6.07) is 12.4. The number of hydrogen-bond donors (Lipinski definition) is 1. The number of aromatic nitrogens is 2. The fourth-order valence-electron chi connectivity index (χ4n) is 4.52. The van der Waals surface area contributed by atoms with E-state index in [4.69, 9.17) is 0 Å². The molecule has 1 N–H and O–H groups in total. The Kier molecular flexibility index (Phi) is 6.36. The van der Waals surface area contributed by atoms with Crippen LogP contribution in [0.25, 0.3) is 16.3 Å². The second-order valence-corrected chi connectivity index (χ2v) is 9.13. The van der Waals surface area contributed by atoms with Gasteiger partial charge >= 0.3 is 0 Å². The van der Waals surface area contributed by atoms with E-state index in [9.17, 15) is 4.79 Å². The highest BCUT2D eigenvalue weighted by atomic mass is 16.1.